The van der Waals surface area contributed by atoms with Crippen LogP contribution in [-0.4, -0.2) is 24.5 Å². The number of carbonyl (C=O) groups is 1. The Hall–Kier alpha value is -2.61. The number of fused-ring (bicyclic) bond motifs is 1. The fourth-order valence-corrected chi connectivity index (χ4v) is 2.06. The van der Waals surface area contributed by atoms with Gasteiger partial charge in [-0.1, -0.05) is 12.1 Å². The first-order valence-corrected chi connectivity index (χ1v) is 5.92. The first kappa shape index (κ1) is 13.8. The zero-order valence-electron chi connectivity index (χ0n) is 11.1. The Morgan fingerprint density at radius 1 is 1.40 bits per heavy atom. The van der Waals surface area contributed by atoms with Crippen LogP contribution < -0.4 is 15.8 Å². The molecule has 0 saturated carbocycles. The van der Waals surface area contributed by atoms with Crippen LogP contribution in [0.2, 0.25) is 0 Å². The van der Waals surface area contributed by atoms with Gasteiger partial charge in [-0.05, 0) is 19.1 Å². The van der Waals surface area contributed by atoms with Crippen molar-refractivity contribution in [1.82, 2.24) is 0 Å². The summed E-state index contributed by atoms with van der Waals surface area (Å²) in [5.41, 5.74) is 0.565. The van der Waals surface area contributed by atoms with E-state index in [9.17, 15) is 14.9 Å². The van der Waals surface area contributed by atoms with Crippen molar-refractivity contribution in [1.29, 1.82) is 0 Å². The van der Waals surface area contributed by atoms with Crippen LogP contribution >= 0.6 is 0 Å². The third-order valence-electron chi connectivity index (χ3n) is 2.91. The Labute approximate surface area is 115 Å². The summed E-state index contributed by atoms with van der Waals surface area (Å²) < 4.78 is 4.73. The number of nitro groups is 1. The normalized spacial score (nSPS) is 15.9. The van der Waals surface area contributed by atoms with Gasteiger partial charge in [0.15, 0.2) is 0 Å². The zero-order chi connectivity index (χ0) is 14.9. The largest absolute Gasteiger partial charge is 0.458 e. The molecule has 1 aliphatic heterocycles. The SMILES string of the molecule is CCOC(=O)C(=C1N(C)c2ccccc2N1N)[N+](=O)[O-]. The fraction of sp³-hybridized carbons (Fsp3) is 0.250. The van der Waals surface area contributed by atoms with Crippen molar-refractivity contribution >= 4 is 17.3 Å². The van der Waals surface area contributed by atoms with Crippen LogP contribution in [0.15, 0.2) is 35.8 Å². The molecule has 2 N–H and O–H groups in total. The van der Waals surface area contributed by atoms with Crippen molar-refractivity contribution in [3.05, 3.63) is 45.9 Å². The fourth-order valence-electron chi connectivity index (χ4n) is 2.06. The highest BCUT2D eigenvalue weighted by atomic mass is 16.6. The molecule has 0 aromatic heterocycles. The molecule has 106 valence electrons. The number of nitrogens with zero attached hydrogens (tertiary/aromatic N) is 3. The van der Waals surface area contributed by atoms with E-state index in [4.69, 9.17) is 10.6 Å². The lowest BCUT2D eigenvalue weighted by atomic mass is 10.3. The lowest BCUT2D eigenvalue weighted by Crippen LogP contribution is -2.36. The maximum atomic E-state index is 11.8. The van der Waals surface area contributed by atoms with Crippen LogP contribution in [0, 0.1) is 10.1 Å². The molecule has 0 amide bonds. The third-order valence-corrected chi connectivity index (χ3v) is 2.91. The Kier molecular flexibility index (Phi) is 3.57. The molecule has 20 heavy (non-hydrogen) atoms. The Morgan fingerprint density at radius 3 is 2.50 bits per heavy atom. The first-order valence-electron chi connectivity index (χ1n) is 5.92. The molecule has 0 radical (unpaired) electrons. The molecular weight excluding hydrogens is 264 g/mol. The highest BCUT2D eigenvalue weighted by Crippen LogP contribution is 2.39. The minimum atomic E-state index is -1.01. The van der Waals surface area contributed by atoms with E-state index in [0.717, 1.165) is 5.01 Å². The van der Waals surface area contributed by atoms with Crippen LogP contribution in [0.3, 0.4) is 0 Å². The summed E-state index contributed by atoms with van der Waals surface area (Å²) in [4.78, 5) is 23.7. The third kappa shape index (κ3) is 2.05. The second kappa shape index (κ2) is 5.17. The average molecular weight is 278 g/mol. The van der Waals surface area contributed by atoms with E-state index in [1.165, 1.54) is 4.90 Å². The summed E-state index contributed by atoms with van der Waals surface area (Å²) in [6.07, 6.45) is 0. The van der Waals surface area contributed by atoms with E-state index in [-0.39, 0.29) is 12.4 Å². The number of esters is 1. The summed E-state index contributed by atoms with van der Waals surface area (Å²) >= 11 is 0. The predicted molar refractivity (Wildman–Crippen MR) is 72.2 cm³/mol. The zero-order valence-corrected chi connectivity index (χ0v) is 11.1. The van der Waals surface area contributed by atoms with Gasteiger partial charge in [-0.15, -0.1) is 0 Å². The maximum absolute atomic E-state index is 11.8. The summed E-state index contributed by atoms with van der Waals surface area (Å²) in [5.74, 6) is 4.84. The number of nitrogens with two attached hydrogens (primary N) is 1. The number of rotatable bonds is 3. The number of anilines is 2. The number of hydrogen-bond donors (Lipinski definition) is 1. The lowest BCUT2D eigenvalue weighted by molar-refractivity contribution is -0.422. The summed E-state index contributed by atoms with van der Waals surface area (Å²) in [6.45, 7) is 1.62. The van der Waals surface area contributed by atoms with Gasteiger partial charge in [0.2, 0.25) is 5.82 Å². The van der Waals surface area contributed by atoms with Crippen LogP contribution in [-0.2, 0) is 9.53 Å². The Morgan fingerprint density at radius 2 is 2.00 bits per heavy atom. The number of ether oxygens (including phenoxy) is 1. The number of hydrazine groups is 1. The number of hydrogen-bond acceptors (Lipinski definition) is 7. The van der Waals surface area contributed by atoms with Crippen molar-refractivity contribution in [3.8, 4) is 0 Å². The van der Waals surface area contributed by atoms with Gasteiger partial charge in [0, 0.05) is 7.05 Å². The molecule has 1 aromatic carbocycles. The molecule has 2 rings (SSSR count). The number of carbonyl (C=O) groups excluding carboxylic acids is 1. The van der Waals surface area contributed by atoms with Crippen molar-refractivity contribution in [3.63, 3.8) is 0 Å². The van der Waals surface area contributed by atoms with E-state index < -0.39 is 16.6 Å². The topological polar surface area (TPSA) is 102 Å². The smallest absolute Gasteiger partial charge is 0.413 e. The molecule has 1 aliphatic rings. The van der Waals surface area contributed by atoms with Crippen molar-refractivity contribution in [2.45, 2.75) is 6.92 Å². The Balaban J connectivity index is 2.58. The molecule has 8 heteroatoms. The minimum absolute atomic E-state index is 0.0188. The minimum Gasteiger partial charge on any atom is -0.458 e. The van der Waals surface area contributed by atoms with Gasteiger partial charge in [0.1, 0.15) is 0 Å². The van der Waals surface area contributed by atoms with Gasteiger partial charge in [-0.25, -0.2) is 10.6 Å². The second-order valence-corrected chi connectivity index (χ2v) is 4.07. The highest BCUT2D eigenvalue weighted by molar-refractivity contribution is 5.92. The second-order valence-electron chi connectivity index (χ2n) is 4.07. The Bertz CT molecular complexity index is 568. The van der Waals surface area contributed by atoms with Crippen molar-refractivity contribution in [2.75, 3.05) is 23.6 Å². The molecule has 8 nitrogen and oxygen atoms in total. The first-order chi connectivity index (χ1) is 9.49. The monoisotopic (exact) mass is 278 g/mol. The molecule has 0 fully saturated rings. The van der Waals surface area contributed by atoms with Gasteiger partial charge in [-0.3, -0.25) is 15.1 Å². The van der Waals surface area contributed by atoms with E-state index >= 15 is 0 Å². The van der Waals surface area contributed by atoms with Gasteiger partial charge >= 0.3 is 11.7 Å². The molecule has 0 spiro atoms. The summed E-state index contributed by atoms with van der Waals surface area (Å²) in [6, 6.07) is 7.00. The molecule has 0 saturated heterocycles. The standard InChI is InChI=1S/C12H14N4O4/c1-3-20-12(17)10(16(18)19)11-14(2)8-6-4-5-7-9(8)15(11)13/h4-7H,3,13H2,1-2H3. The highest BCUT2D eigenvalue weighted by Gasteiger charge is 2.39. The van der Waals surface area contributed by atoms with Gasteiger partial charge < -0.3 is 9.64 Å². The molecule has 0 bridgehead atoms. The lowest BCUT2D eigenvalue weighted by Gasteiger charge is -2.17. The number of benzene rings is 1. The molecule has 0 unspecified atom stereocenters. The molecule has 1 heterocycles. The average Bonchev–Trinajstić information content (AvgIpc) is 2.65. The van der Waals surface area contributed by atoms with Gasteiger partial charge in [-0.2, -0.15) is 0 Å². The molecule has 1 aromatic rings. The quantitative estimate of drug-likeness (QED) is 0.287. The predicted octanol–water partition coefficient (Wildman–Crippen LogP) is 0.825. The molecule has 0 aliphatic carbocycles. The summed E-state index contributed by atoms with van der Waals surface area (Å²) in [5, 5.41) is 12.3. The van der Waals surface area contributed by atoms with E-state index in [1.807, 2.05) is 0 Å². The van der Waals surface area contributed by atoms with Gasteiger partial charge in [0.25, 0.3) is 0 Å². The molecular formula is C12H14N4O4. The van der Waals surface area contributed by atoms with Crippen LogP contribution in [0.4, 0.5) is 11.4 Å². The van der Waals surface area contributed by atoms with Gasteiger partial charge in [0.05, 0.1) is 22.9 Å². The van der Waals surface area contributed by atoms with Crippen LogP contribution in [0.1, 0.15) is 6.92 Å². The van der Waals surface area contributed by atoms with E-state index in [0.29, 0.717) is 11.4 Å². The van der Waals surface area contributed by atoms with Crippen molar-refractivity contribution in [2.24, 2.45) is 5.84 Å². The van der Waals surface area contributed by atoms with Crippen LogP contribution in [0.5, 0.6) is 0 Å². The van der Waals surface area contributed by atoms with Crippen molar-refractivity contribution < 1.29 is 14.5 Å². The number of para-hydroxylation sites is 2. The molecule has 0 atom stereocenters. The maximum Gasteiger partial charge on any atom is 0.413 e. The van der Waals surface area contributed by atoms with E-state index in [1.54, 1.807) is 38.2 Å². The summed E-state index contributed by atoms with van der Waals surface area (Å²) in [7, 11) is 1.60. The van der Waals surface area contributed by atoms with E-state index in [2.05, 4.69) is 0 Å². The van der Waals surface area contributed by atoms with Crippen LogP contribution in [0.25, 0.3) is 0 Å².